The molecule has 1 heterocycles. The SMILES string of the molecule is CC(=O)OCC(C)(COC(C)=O)c1cs[c]n1. The van der Waals surface area contributed by atoms with Crippen LogP contribution in [0.3, 0.4) is 0 Å². The molecule has 1 radical (unpaired) electrons. The molecule has 0 saturated carbocycles. The fourth-order valence-corrected chi connectivity index (χ4v) is 1.83. The first-order chi connectivity index (χ1) is 7.94. The van der Waals surface area contributed by atoms with Crippen molar-refractivity contribution in [3.63, 3.8) is 0 Å². The van der Waals surface area contributed by atoms with Crippen molar-refractivity contribution in [2.24, 2.45) is 0 Å². The summed E-state index contributed by atoms with van der Waals surface area (Å²) in [5, 5.41) is 1.80. The van der Waals surface area contributed by atoms with Crippen molar-refractivity contribution in [2.75, 3.05) is 13.2 Å². The normalized spacial score (nSPS) is 11.0. The zero-order chi connectivity index (χ0) is 12.9. The Labute approximate surface area is 104 Å². The van der Waals surface area contributed by atoms with E-state index in [1.807, 2.05) is 6.92 Å². The molecule has 0 fully saturated rings. The summed E-state index contributed by atoms with van der Waals surface area (Å²) in [6.07, 6.45) is 0. The first-order valence-corrected chi connectivity index (χ1v) is 5.91. The van der Waals surface area contributed by atoms with Crippen LogP contribution in [0.25, 0.3) is 0 Å². The lowest BCUT2D eigenvalue weighted by Crippen LogP contribution is -2.35. The van der Waals surface area contributed by atoms with Crippen molar-refractivity contribution in [3.05, 3.63) is 16.6 Å². The Bertz CT molecular complexity index is 370. The van der Waals surface area contributed by atoms with Crippen LogP contribution >= 0.6 is 11.3 Å². The van der Waals surface area contributed by atoms with Gasteiger partial charge >= 0.3 is 11.9 Å². The lowest BCUT2D eigenvalue weighted by molar-refractivity contribution is -0.147. The van der Waals surface area contributed by atoms with Crippen LogP contribution in [0.4, 0.5) is 0 Å². The van der Waals surface area contributed by atoms with Crippen LogP contribution in [0.1, 0.15) is 26.5 Å². The third kappa shape index (κ3) is 4.14. The number of nitrogens with zero attached hydrogens (tertiary/aromatic N) is 1. The Balaban J connectivity index is 2.76. The van der Waals surface area contributed by atoms with Crippen molar-refractivity contribution in [1.82, 2.24) is 4.98 Å². The molecular formula is C11H14NO4S. The van der Waals surface area contributed by atoms with Crippen molar-refractivity contribution in [1.29, 1.82) is 0 Å². The van der Waals surface area contributed by atoms with Gasteiger partial charge in [0.25, 0.3) is 0 Å². The van der Waals surface area contributed by atoms with Gasteiger partial charge in [-0.2, -0.15) is 0 Å². The molecule has 1 aromatic heterocycles. The molecule has 1 rings (SSSR count). The molecule has 0 atom stereocenters. The zero-order valence-electron chi connectivity index (χ0n) is 9.98. The maximum atomic E-state index is 10.8. The number of aromatic nitrogens is 1. The Morgan fingerprint density at radius 2 is 1.88 bits per heavy atom. The van der Waals surface area contributed by atoms with E-state index in [9.17, 15) is 9.59 Å². The maximum Gasteiger partial charge on any atom is 0.302 e. The molecule has 0 saturated heterocycles. The summed E-state index contributed by atoms with van der Waals surface area (Å²) in [7, 11) is 0. The average Bonchev–Trinajstić information content (AvgIpc) is 2.77. The summed E-state index contributed by atoms with van der Waals surface area (Å²) in [6.45, 7) is 4.72. The highest BCUT2D eigenvalue weighted by atomic mass is 32.1. The number of hydrogen-bond acceptors (Lipinski definition) is 6. The fourth-order valence-electron chi connectivity index (χ4n) is 1.17. The minimum Gasteiger partial charge on any atom is -0.465 e. The van der Waals surface area contributed by atoms with Gasteiger partial charge in [-0.1, -0.05) is 0 Å². The molecule has 0 aliphatic carbocycles. The van der Waals surface area contributed by atoms with Crippen LogP contribution in [0.15, 0.2) is 5.38 Å². The molecule has 0 aliphatic heterocycles. The third-order valence-electron chi connectivity index (χ3n) is 2.20. The van der Waals surface area contributed by atoms with Gasteiger partial charge in [0.15, 0.2) is 5.51 Å². The number of esters is 2. The summed E-state index contributed by atoms with van der Waals surface area (Å²) < 4.78 is 9.97. The van der Waals surface area contributed by atoms with Crippen LogP contribution in [-0.4, -0.2) is 30.1 Å². The van der Waals surface area contributed by atoms with Crippen LogP contribution in [-0.2, 0) is 24.5 Å². The van der Waals surface area contributed by atoms with Gasteiger partial charge in [0.2, 0.25) is 0 Å². The Morgan fingerprint density at radius 1 is 1.35 bits per heavy atom. The number of thiazole rings is 1. The van der Waals surface area contributed by atoms with Crippen molar-refractivity contribution in [3.8, 4) is 0 Å². The van der Waals surface area contributed by atoms with Crippen LogP contribution in [0.2, 0.25) is 0 Å². The number of carbonyl (C=O) groups excluding carboxylic acids is 2. The molecular weight excluding hydrogens is 242 g/mol. The Morgan fingerprint density at radius 3 is 2.24 bits per heavy atom. The second-order valence-electron chi connectivity index (χ2n) is 3.95. The smallest absolute Gasteiger partial charge is 0.302 e. The molecule has 5 nitrogen and oxygen atoms in total. The molecule has 0 unspecified atom stereocenters. The highest BCUT2D eigenvalue weighted by Crippen LogP contribution is 2.24. The zero-order valence-corrected chi connectivity index (χ0v) is 10.8. The Kier molecular flexibility index (Phi) is 4.62. The topological polar surface area (TPSA) is 65.5 Å². The third-order valence-corrected chi connectivity index (χ3v) is 2.73. The second kappa shape index (κ2) is 5.77. The van der Waals surface area contributed by atoms with Crippen LogP contribution in [0.5, 0.6) is 0 Å². The summed E-state index contributed by atoms with van der Waals surface area (Å²) in [4.78, 5) is 25.7. The van der Waals surface area contributed by atoms with E-state index in [0.717, 1.165) is 0 Å². The maximum absolute atomic E-state index is 10.8. The summed E-state index contributed by atoms with van der Waals surface area (Å²) in [5.41, 5.74) is 2.79. The number of ether oxygens (including phenoxy) is 2. The largest absolute Gasteiger partial charge is 0.465 e. The minimum absolute atomic E-state index is 0.118. The van der Waals surface area contributed by atoms with Gasteiger partial charge in [-0.15, -0.1) is 11.3 Å². The van der Waals surface area contributed by atoms with Crippen LogP contribution in [0, 0.1) is 5.51 Å². The van der Waals surface area contributed by atoms with Gasteiger partial charge < -0.3 is 9.47 Å². The molecule has 17 heavy (non-hydrogen) atoms. The standard InChI is InChI=1S/C11H14NO4S/c1-8(13)15-5-11(3,6-16-9(2)14)10-4-17-7-12-10/h4H,5-6H2,1-3H3. The minimum atomic E-state index is -0.631. The number of rotatable bonds is 5. The molecule has 0 spiro atoms. The average molecular weight is 256 g/mol. The van der Waals surface area contributed by atoms with Gasteiger partial charge in [0.05, 0.1) is 11.1 Å². The molecule has 0 N–H and O–H groups in total. The van der Waals surface area contributed by atoms with Crippen molar-refractivity contribution < 1.29 is 19.1 Å². The lowest BCUT2D eigenvalue weighted by atomic mass is 9.89. The molecule has 6 heteroatoms. The predicted octanol–water partition coefficient (Wildman–Crippen LogP) is 1.33. The van der Waals surface area contributed by atoms with E-state index in [1.165, 1.54) is 25.2 Å². The lowest BCUT2D eigenvalue weighted by Gasteiger charge is -2.26. The van der Waals surface area contributed by atoms with Crippen molar-refractivity contribution >= 4 is 23.3 Å². The molecule has 93 valence electrons. The van der Waals surface area contributed by atoms with E-state index in [0.29, 0.717) is 5.69 Å². The quantitative estimate of drug-likeness (QED) is 0.743. The van der Waals surface area contributed by atoms with E-state index in [4.69, 9.17) is 9.47 Å². The van der Waals surface area contributed by atoms with Crippen LogP contribution < -0.4 is 0 Å². The number of carbonyl (C=O) groups is 2. The molecule has 0 bridgehead atoms. The van der Waals surface area contributed by atoms with Gasteiger partial charge in [0.1, 0.15) is 13.2 Å². The molecule has 0 amide bonds. The second-order valence-corrected chi connectivity index (χ2v) is 4.60. The van der Waals surface area contributed by atoms with E-state index in [-0.39, 0.29) is 25.2 Å². The highest BCUT2D eigenvalue weighted by molar-refractivity contribution is 7.07. The summed E-state index contributed by atoms with van der Waals surface area (Å²) >= 11 is 1.32. The van der Waals surface area contributed by atoms with Gasteiger partial charge in [-0.3, -0.25) is 9.59 Å². The Hall–Kier alpha value is -1.43. The number of hydrogen-bond donors (Lipinski definition) is 0. The van der Waals surface area contributed by atoms with E-state index in [2.05, 4.69) is 10.5 Å². The summed E-state index contributed by atoms with van der Waals surface area (Å²) in [5.74, 6) is -0.753. The fraction of sp³-hybridized carbons (Fsp3) is 0.545. The van der Waals surface area contributed by atoms with Gasteiger partial charge in [0, 0.05) is 19.2 Å². The van der Waals surface area contributed by atoms with Gasteiger partial charge in [-0.25, -0.2) is 4.98 Å². The van der Waals surface area contributed by atoms with E-state index in [1.54, 1.807) is 5.38 Å². The van der Waals surface area contributed by atoms with E-state index < -0.39 is 5.41 Å². The molecule has 0 aliphatic rings. The first kappa shape index (κ1) is 13.6. The van der Waals surface area contributed by atoms with Crippen molar-refractivity contribution in [2.45, 2.75) is 26.2 Å². The highest BCUT2D eigenvalue weighted by Gasteiger charge is 2.32. The molecule has 1 aromatic rings. The molecule has 0 aromatic carbocycles. The first-order valence-electron chi connectivity index (χ1n) is 5.03. The van der Waals surface area contributed by atoms with Gasteiger partial charge in [-0.05, 0) is 6.92 Å². The summed E-state index contributed by atoms with van der Waals surface area (Å²) in [6, 6.07) is 0. The monoisotopic (exact) mass is 256 g/mol. The van der Waals surface area contributed by atoms with E-state index >= 15 is 0 Å². The predicted molar refractivity (Wildman–Crippen MR) is 61.6 cm³/mol.